The number of fused-ring (bicyclic) bond motifs is 6. The van der Waals surface area contributed by atoms with Crippen LogP contribution in [0.4, 0.5) is 9.59 Å². The van der Waals surface area contributed by atoms with Gasteiger partial charge in [0.05, 0.1) is 42.0 Å². The molecule has 4 aromatic rings. The second-order valence-electron chi connectivity index (χ2n) is 17.9. The van der Waals surface area contributed by atoms with Crippen molar-refractivity contribution in [1.82, 2.24) is 10.6 Å². The Morgan fingerprint density at radius 3 is 2.13 bits per heavy atom. The highest BCUT2D eigenvalue weighted by atomic mass is 16.7. The van der Waals surface area contributed by atoms with E-state index in [1.54, 1.807) is 20.8 Å². The van der Waals surface area contributed by atoms with Crippen LogP contribution in [-0.4, -0.2) is 119 Å². The lowest BCUT2D eigenvalue weighted by Crippen LogP contribution is -2.56. The highest BCUT2D eigenvalue weighted by Gasteiger charge is 2.51. The number of alkyl carbamates (subject to hydrolysis) is 2. The summed E-state index contributed by atoms with van der Waals surface area (Å²) in [7, 11) is 1.29. The Morgan fingerprint density at radius 2 is 1.48 bits per heavy atom. The average molecular weight is 923 g/mol. The van der Waals surface area contributed by atoms with E-state index in [9.17, 15) is 49.2 Å². The molecule has 6 atom stereocenters. The highest BCUT2D eigenvalue weighted by Crippen LogP contribution is 2.53. The van der Waals surface area contributed by atoms with Crippen LogP contribution in [0.1, 0.15) is 107 Å². The first-order valence-corrected chi connectivity index (χ1v) is 21.7. The van der Waals surface area contributed by atoms with Crippen LogP contribution in [0.25, 0.3) is 11.1 Å². The molecular formula is C49H50N2O16. The maximum atomic E-state index is 14.1. The zero-order chi connectivity index (χ0) is 48.1. The van der Waals surface area contributed by atoms with E-state index in [1.165, 1.54) is 32.2 Å². The van der Waals surface area contributed by atoms with Crippen LogP contribution in [0.3, 0.4) is 0 Å². The Hall–Kier alpha value is -6.86. The molecule has 0 radical (unpaired) electrons. The zero-order valence-electron chi connectivity index (χ0n) is 37.2. The number of aliphatic hydroxyl groups excluding tert-OH is 1. The first-order chi connectivity index (χ1) is 31.8. The van der Waals surface area contributed by atoms with Crippen molar-refractivity contribution in [1.29, 1.82) is 0 Å². The van der Waals surface area contributed by atoms with Crippen molar-refractivity contribution in [3.8, 4) is 28.4 Å². The predicted octanol–water partition coefficient (Wildman–Crippen LogP) is 4.66. The number of carbonyl (C=O) groups excluding carboxylic acids is 6. The van der Waals surface area contributed by atoms with E-state index in [2.05, 4.69) is 10.6 Å². The Bertz CT molecular complexity index is 2650. The molecule has 4 aliphatic rings. The molecule has 1 saturated heterocycles. The number of nitrogens with one attached hydrogen (secondary N) is 2. The third-order valence-corrected chi connectivity index (χ3v) is 12.4. The Kier molecular flexibility index (Phi) is 12.6. The van der Waals surface area contributed by atoms with Gasteiger partial charge in [0.2, 0.25) is 11.6 Å². The van der Waals surface area contributed by atoms with Gasteiger partial charge in [0, 0.05) is 41.9 Å². The number of aliphatic hydroxyl groups is 2. The molecule has 3 aliphatic carbocycles. The van der Waals surface area contributed by atoms with Gasteiger partial charge in [0.1, 0.15) is 47.7 Å². The van der Waals surface area contributed by atoms with Crippen molar-refractivity contribution in [3.05, 3.63) is 111 Å². The SMILES string of the molecule is COc1cccc2c1C(=O)c1c(O)c3c(c(O)c1C2=O)C[C@@](O)(C(=O)COC(=O)CNC(=O)OCC1c2ccccc2-c2ccccc21)C[C@@H]3OC1CC(NC(=O)OC(C)(C)C)C(O)C(C)O1. The average Bonchev–Trinajstić information content (AvgIpc) is 3.60. The zero-order valence-corrected chi connectivity index (χ0v) is 37.2. The largest absolute Gasteiger partial charge is 0.507 e. The molecule has 0 saturated carbocycles. The number of phenolic OH excluding ortho intramolecular Hbond substituents is 2. The summed E-state index contributed by atoms with van der Waals surface area (Å²) in [4.78, 5) is 80.5. The quantitative estimate of drug-likeness (QED) is 0.0598. The smallest absolute Gasteiger partial charge is 0.407 e. The summed E-state index contributed by atoms with van der Waals surface area (Å²) in [6.07, 6.45) is -8.56. The van der Waals surface area contributed by atoms with E-state index in [0.29, 0.717) is 0 Å². The van der Waals surface area contributed by atoms with Crippen molar-refractivity contribution in [2.45, 2.75) is 94.7 Å². The van der Waals surface area contributed by atoms with E-state index < -0.39 is 126 Å². The van der Waals surface area contributed by atoms with Gasteiger partial charge in [0.15, 0.2) is 18.7 Å². The minimum absolute atomic E-state index is 0.0243. The lowest BCUT2D eigenvalue weighted by atomic mass is 9.72. The van der Waals surface area contributed by atoms with Crippen LogP contribution in [0.15, 0.2) is 66.7 Å². The number of phenols is 2. The summed E-state index contributed by atoms with van der Waals surface area (Å²) in [5, 5.41) is 51.9. The molecule has 4 aromatic carbocycles. The molecule has 18 nitrogen and oxygen atoms in total. The fraction of sp³-hybridized carbons (Fsp3) is 0.388. The minimum Gasteiger partial charge on any atom is -0.507 e. The van der Waals surface area contributed by atoms with E-state index >= 15 is 0 Å². The van der Waals surface area contributed by atoms with Crippen LogP contribution in [-0.2, 0) is 39.7 Å². The number of ketones is 3. The van der Waals surface area contributed by atoms with Crippen LogP contribution < -0.4 is 15.4 Å². The van der Waals surface area contributed by atoms with Gasteiger partial charge in [-0.3, -0.25) is 19.2 Å². The standard InChI is InChI=1S/C49H50N2O16/c1-23-41(54)31(51-47(60)67-48(2,3)4)17-36(65-23)66-33-19-49(61,18-29-38(33)45(58)40-39(43(29)56)42(55)28-15-10-16-32(62-5)37(28)44(40)57)34(52)22-63-35(53)20-50-46(59)64-21-30-26-13-8-6-11-24(26)25-12-7-9-14-27(25)30/h6-16,23,30-31,33,36,41,54,56,58,61H,17-22H2,1-5H3,(H,50,59)(H,51,60)/t23?,31?,33-,36?,41?,49-/m0/s1. The van der Waals surface area contributed by atoms with Crippen LogP contribution in [0.2, 0.25) is 0 Å². The number of amides is 2. The molecule has 1 aliphatic heterocycles. The fourth-order valence-electron chi connectivity index (χ4n) is 9.30. The maximum absolute atomic E-state index is 14.1. The van der Waals surface area contributed by atoms with Crippen molar-refractivity contribution in [2.24, 2.45) is 0 Å². The molecule has 0 bridgehead atoms. The maximum Gasteiger partial charge on any atom is 0.407 e. The number of esters is 1. The number of benzene rings is 4. The van der Waals surface area contributed by atoms with E-state index in [1.807, 2.05) is 48.5 Å². The monoisotopic (exact) mass is 922 g/mol. The van der Waals surface area contributed by atoms with Gasteiger partial charge in [-0.2, -0.15) is 0 Å². The number of aromatic hydroxyl groups is 2. The number of hydrogen-bond donors (Lipinski definition) is 6. The summed E-state index contributed by atoms with van der Waals surface area (Å²) in [5.74, 6) is -5.69. The van der Waals surface area contributed by atoms with Crippen LogP contribution >= 0.6 is 0 Å². The second kappa shape index (κ2) is 18.1. The van der Waals surface area contributed by atoms with Gasteiger partial charge in [-0.25, -0.2) is 9.59 Å². The Balaban J connectivity index is 1.01. The van der Waals surface area contributed by atoms with Crippen molar-refractivity contribution < 1.29 is 77.6 Å². The molecule has 0 aromatic heterocycles. The second-order valence-corrected chi connectivity index (χ2v) is 17.9. The van der Waals surface area contributed by atoms with Crippen LogP contribution in [0.5, 0.6) is 17.2 Å². The summed E-state index contributed by atoms with van der Waals surface area (Å²) in [6.45, 7) is 4.71. The fourth-order valence-corrected chi connectivity index (χ4v) is 9.30. The molecule has 18 heteroatoms. The molecule has 67 heavy (non-hydrogen) atoms. The number of methoxy groups -OCH3 is 1. The number of Topliss-reactive ketones (excluding diaryl/α,β-unsaturated/α-hetero) is 1. The first-order valence-electron chi connectivity index (χ1n) is 21.7. The van der Waals surface area contributed by atoms with Gasteiger partial charge in [0.25, 0.3) is 0 Å². The van der Waals surface area contributed by atoms with Gasteiger partial charge in [-0.15, -0.1) is 0 Å². The number of hydrogen-bond acceptors (Lipinski definition) is 16. The van der Waals surface area contributed by atoms with Gasteiger partial charge < -0.3 is 59.5 Å². The lowest BCUT2D eigenvalue weighted by Gasteiger charge is -2.43. The highest BCUT2D eigenvalue weighted by molar-refractivity contribution is 6.31. The van der Waals surface area contributed by atoms with Gasteiger partial charge >= 0.3 is 18.2 Å². The van der Waals surface area contributed by atoms with Crippen LogP contribution in [0, 0.1) is 0 Å². The summed E-state index contributed by atoms with van der Waals surface area (Å²) in [5.41, 5.74) is -1.40. The summed E-state index contributed by atoms with van der Waals surface area (Å²) < 4.78 is 33.6. The van der Waals surface area contributed by atoms with E-state index in [0.717, 1.165) is 22.3 Å². The Labute approximate surface area is 384 Å². The molecule has 2 amide bonds. The summed E-state index contributed by atoms with van der Waals surface area (Å²) in [6, 6.07) is 18.8. The first kappa shape index (κ1) is 46.7. The third kappa shape index (κ3) is 8.92. The molecule has 0 spiro atoms. The molecule has 1 fully saturated rings. The molecule has 6 N–H and O–H groups in total. The summed E-state index contributed by atoms with van der Waals surface area (Å²) >= 11 is 0. The molecular weight excluding hydrogens is 873 g/mol. The van der Waals surface area contributed by atoms with Crippen molar-refractivity contribution in [3.63, 3.8) is 0 Å². The van der Waals surface area contributed by atoms with Gasteiger partial charge in [-0.05, 0) is 56.0 Å². The number of carbonyl (C=O) groups is 6. The molecule has 1 heterocycles. The third-order valence-electron chi connectivity index (χ3n) is 12.4. The lowest BCUT2D eigenvalue weighted by molar-refractivity contribution is -0.249. The van der Waals surface area contributed by atoms with Crippen molar-refractivity contribution >= 4 is 35.5 Å². The topological polar surface area (TPSA) is 263 Å². The normalized spacial score (nSPS) is 22.8. The molecule has 4 unspecified atom stereocenters. The number of ether oxygens (including phenoxy) is 6. The van der Waals surface area contributed by atoms with Gasteiger partial charge in [-0.1, -0.05) is 60.7 Å². The van der Waals surface area contributed by atoms with E-state index in [-0.39, 0.29) is 46.9 Å². The van der Waals surface area contributed by atoms with Crippen molar-refractivity contribution in [2.75, 3.05) is 26.9 Å². The molecule has 8 rings (SSSR count). The minimum atomic E-state index is -2.52. The Morgan fingerprint density at radius 1 is 0.836 bits per heavy atom. The molecule has 352 valence electrons. The van der Waals surface area contributed by atoms with E-state index in [4.69, 9.17) is 28.4 Å². The predicted molar refractivity (Wildman–Crippen MR) is 234 cm³/mol. The number of rotatable bonds is 11.